The van der Waals surface area contributed by atoms with Gasteiger partial charge in [0.15, 0.2) is 0 Å². The van der Waals surface area contributed by atoms with Gasteiger partial charge in [-0.25, -0.2) is 0 Å². The second-order valence-corrected chi connectivity index (χ2v) is 13.9. The van der Waals surface area contributed by atoms with E-state index in [2.05, 4.69) is 67.5 Å². The van der Waals surface area contributed by atoms with E-state index in [-0.39, 0.29) is 39.1 Å². The number of rotatable bonds is 10. The van der Waals surface area contributed by atoms with Crippen molar-refractivity contribution in [3.05, 3.63) is 81.9 Å². The Bertz CT molecular complexity index is 1440. The Balaban J connectivity index is 0.00000230. The third-order valence-corrected chi connectivity index (χ3v) is 7.22. The maximum Gasteiger partial charge on any atom is 2.00 e. The van der Waals surface area contributed by atoms with Crippen LogP contribution in [0.4, 0.5) is 11.4 Å². The van der Waals surface area contributed by atoms with E-state index in [4.69, 9.17) is 29.8 Å². The molecule has 0 saturated carbocycles. The Hall–Kier alpha value is -3.95. The summed E-state index contributed by atoms with van der Waals surface area (Å²) in [6.07, 6.45) is 9.88. The molecule has 49 heavy (non-hydrogen) atoms. The third-order valence-electron chi connectivity index (χ3n) is 7.22. The van der Waals surface area contributed by atoms with Crippen molar-refractivity contribution < 1.29 is 46.8 Å². The van der Waals surface area contributed by atoms with Gasteiger partial charge in [-0.15, -0.1) is 0 Å². The summed E-state index contributed by atoms with van der Waals surface area (Å²) in [4.78, 5) is 27.3. The van der Waals surface area contributed by atoms with Crippen LogP contribution in [0, 0.1) is 0 Å². The van der Waals surface area contributed by atoms with Crippen LogP contribution >= 0.6 is 0 Å². The van der Waals surface area contributed by atoms with Crippen LogP contribution in [0.5, 0.6) is 11.5 Å². The van der Waals surface area contributed by atoms with E-state index >= 15 is 0 Å². The first-order valence-electron chi connectivity index (χ1n) is 16.6. The molecule has 0 aromatic heterocycles. The number of carbonyl (C=O) groups excluding carboxylic acids is 2. The number of phenols is 2. The standard InChI is InChI=1S/C36H48N2O2.2C2H4O2.Co/c1-9-11-15-25-19-27(33(39)29(21-25)35(3,4)5)23-37-31-17-13-14-18-32(31)38-24-28-20-26(16-12-10-2)22-30(34(28)40)36(6,7)8;2*1-2(3)4;/h13-14,17-24,39-40H,9-12,15-16H2,1-8H3;2*1H3,(H,3,4);/q;;;+2/p-2. The molecule has 0 bridgehead atoms. The minimum atomic E-state index is -1.08. The van der Waals surface area contributed by atoms with E-state index in [1.807, 2.05) is 36.4 Å². The second-order valence-electron chi connectivity index (χ2n) is 13.9. The molecule has 0 spiro atoms. The van der Waals surface area contributed by atoms with Crippen LogP contribution in [-0.4, -0.2) is 34.6 Å². The molecule has 0 atom stereocenters. The second kappa shape index (κ2) is 21.2. The zero-order valence-electron chi connectivity index (χ0n) is 30.8. The zero-order chi connectivity index (χ0) is 36.7. The number of aliphatic imine (C=N–C) groups is 2. The number of nitrogens with zero attached hydrogens (tertiary/aromatic N) is 2. The van der Waals surface area contributed by atoms with Crippen molar-refractivity contribution in [2.45, 2.75) is 119 Å². The first-order chi connectivity index (χ1) is 22.3. The number of aryl methyl sites for hydroxylation is 2. The number of aliphatic carboxylic acids is 2. The molecule has 3 aromatic carbocycles. The minimum absolute atomic E-state index is 0. The number of benzene rings is 3. The molecule has 0 heterocycles. The van der Waals surface area contributed by atoms with Gasteiger partial charge >= 0.3 is 16.8 Å². The van der Waals surface area contributed by atoms with Crippen molar-refractivity contribution in [3.63, 3.8) is 0 Å². The van der Waals surface area contributed by atoms with Gasteiger partial charge in [0.2, 0.25) is 0 Å². The fourth-order valence-electron chi connectivity index (χ4n) is 4.79. The van der Waals surface area contributed by atoms with Gasteiger partial charge in [0.05, 0.1) is 11.4 Å². The maximum absolute atomic E-state index is 11.1. The van der Waals surface area contributed by atoms with E-state index in [0.29, 0.717) is 22.5 Å². The molecule has 0 aliphatic heterocycles. The molecule has 0 aliphatic rings. The van der Waals surface area contributed by atoms with Crippen LogP contribution in [-0.2, 0) is 50.0 Å². The number of aromatic hydroxyl groups is 2. The fraction of sp³-hybridized carbons (Fsp3) is 0.450. The van der Waals surface area contributed by atoms with Gasteiger partial charge in [0.25, 0.3) is 0 Å². The number of hydrogen-bond donors (Lipinski definition) is 2. The molecule has 2 N–H and O–H groups in total. The Morgan fingerprint density at radius 1 is 0.673 bits per heavy atom. The largest absolute Gasteiger partial charge is 2.00 e. The molecule has 0 saturated heterocycles. The molecule has 1 radical (unpaired) electrons. The van der Waals surface area contributed by atoms with E-state index < -0.39 is 11.9 Å². The number of unbranched alkanes of at least 4 members (excludes halogenated alkanes) is 2. The van der Waals surface area contributed by atoms with E-state index in [1.54, 1.807) is 12.4 Å². The summed E-state index contributed by atoms with van der Waals surface area (Å²) in [5.74, 6) is -1.61. The Morgan fingerprint density at radius 3 is 1.24 bits per heavy atom. The molecule has 3 aromatic rings. The van der Waals surface area contributed by atoms with Gasteiger partial charge in [-0.05, 0) is 85.8 Å². The molecule has 0 unspecified atom stereocenters. The van der Waals surface area contributed by atoms with Gasteiger partial charge in [0.1, 0.15) is 11.5 Å². The summed E-state index contributed by atoms with van der Waals surface area (Å²) in [6.45, 7) is 19.0. The van der Waals surface area contributed by atoms with Crippen LogP contribution in [0.1, 0.15) is 128 Å². The Morgan fingerprint density at radius 2 is 0.980 bits per heavy atom. The third kappa shape index (κ3) is 16.3. The average molecular weight is 718 g/mol. The number of para-hydroxylation sites is 2. The van der Waals surface area contributed by atoms with Crippen LogP contribution in [0.25, 0.3) is 0 Å². The monoisotopic (exact) mass is 717 g/mol. The number of hydrogen-bond acceptors (Lipinski definition) is 8. The number of phenolic OH excluding ortho intramolecular Hbond substituents is 2. The molecule has 8 nitrogen and oxygen atoms in total. The van der Waals surface area contributed by atoms with Crippen molar-refractivity contribution >= 4 is 35.7 Å². The van der Waals surface area contributed by atoms with Crippen LogP contribution in [0.3, 0.4) is 0 Å². The quantitative estimate of drug-likeness (QED) is 0.209. The molecule has 269 valence electrons. The van der Waals surface area contributed by atoms with Gasteiger partial charge in [-0.1, -0.05) is 92.5 Å². The molecule has 0 amide bonds. The predicted octanol–water partition coefficient (Wildman–Crippen LogP) is 7.39. The van der Waals surface area contributed by atoms with E-state index in [1.165, 1.54) is 11.1 Å². The number of carboxylic acids is 2. The summed E-state index contributed by atoms with van der Waals surface area (Å²) < 4.78 is 0. The van der Waals surface area contributed by atoms with Gasteiger partial charge in [-0.3, -0.25) is 9.98 Å². The van der Waals surface area contributed by atoms with Crippen LogP contribution in [0.15, 0.2) is 58.5 Å². The van der Waals surface area contributed by atoms with Crippen molar-refractivity contribution in [1.29, 1.82) is 0 Å². The molecule has 9 heteroatoms. The van der Waals surface area contributed by atoms with Crippen molar-refractivity contribution in [3.8, 4) is 11.5 Å². The molecular formula is C40H54CoN2O6. The maximum atomic E-state index is 11.1. The van der Waals surface area contributed by atoms with E-state index in [0.717, 1.165) is 63.5 Å². The van der Waals surface area contributed by atoms with Crippen molar-refractivity contribution in [2.75, 3.05) is 0 Å². The summed E-state index contributed by atoms with van der Waals surface area (Å²) in [5, 5.41) is 40.0. The normalized spacial score (nSPS) is 11.3. The number of carbonyl (C=O) groups is 2. The van der Waals surface area contributed by atoms with Gasteiger partial charge < -0.3 is 30.0 Å². The smallest absolute Gasteiger partial charge is 0.550 e. The topological polar surface area (TPSA) is 145 Å². The van der Waals surface area contributed by atoms with Crippen molar-refractivity contribution in [1.82, 2.24) is 0 Å². The summed E-state index contributed by atoms with van der Waals surface area (Å²) in [5.41, 5.74) is 6.76. The Labute approximate surface area is 303 Å². The zero-order valence-corrected chi connectivity index (χ0v) is 31.8. The molecule has 3 rings (SSSR count). The molecular weight excluding hydrogens is 663 g/mol. The SMILES string of the molecule is CC(=O)[O-].CC(=O)[O-].CCCCc1cc(C=Nc2ccccc2N=Cc2cc(CCCC)cc(C(C)(C)C)c2O)c(O)c(C(C)(C)C)c1.[Co+2]. The average Bonchev–Trinajstić information content (AvgIpc) is 2.97. The summed E-state index contributed by atoms with van der Waals surface area (Å²) >= 11 is 0. The number of carboxylic acid groups (broad SMARTS) is 2. The molecule has 0 fully saturated rings. The fourth-order valence-corrected chi connectivity index (χ4v) is 4.79. The first kappa shape index (κ1) is 45.0. The van der Waals surface area contributed by atoms with Crippen LogP contribution in [0.2, 0.25) is 0 Å². The minimum Gasteiger partial charge on any atom is -0.550 e. The molecule has 0 aliphatic carbocycles. The van der Waals surface area contributed by atoms with Gasteiger partial charge in [0, 0.05) is 46.6 Å². The van der Waals surface area contributed by atoms with Crippen LogP contribution < -0.4 is 10.2 Å². The van der Waals surface area contributed by atoms with Crippen molar-refractivity contribution in [2.24, 2.45) is 9.98 Å². The Kier molecular flexibility index (Phi) is 19.5. The predicted molar refractivity (Wildman–Crippen MR) is 193 cm³/mol. The van der Waals surface area contributed by atoms with E-state index in [9.17, 15) is 10.2 Å². The van der Waals surface area contributed by atoms with Gasteiger partial charge in [-0.2, -0.15) is 0 Å². The summed E-state index contributed by atoms with van der Waals surface area (Å²) in [6, 6.07) is 16.1. The summed E-state index contributed by atoms with van der Waals surface area (Å²) in [7, 11) is 0. The first-order valence-corrected chi connectivity index (χ1v) is 16.6.